The van der Waals surface area contributed by atoms with Crippen molar-refractivity contribution in [3.8, 4) is 16.9 Å². The molecule has 0 aromatic heterocycles. The Morgan fingerprint density at radius 3 is 2.44 bits per heavy atom. The molecule has 0 aliphatic heterocycles. The molecule has 0 aliphatic rings. The summed E-state index contributed by atoms with van der Waals surface area (Å²) in [6, 6.07) is 17.7. The molecule has 0 atom stereocenters. The molecule has 0 radical (unpaired) electrons. The third-order valence-electron chi connectivity index (χ3n) is 3.44. The molecule has 2 aromatic carbocycles. The Morgan fingerprint density at radius 2 is 1.68 bits per heavy atom. The summed E-state index contributed by atoms with van der Waals surface area (Å²) in [7, 11) is 1.66. The van der Waals surface area contributed by atoms with Crippen LogP contribution < -0.4 is 15.4 Å². The Kier molecular flexibility index (Phi) is 10.3. The number of ether oxygens (including phenoxy) is 2. The van der Waals surface area contributed by atoms with E-state index < -0.39 is 0 Å². The van der Waals surface area contributed by atoms with Crippen LogP contribution in [0.2, 0.25) is 0 Å². The van der Waals surface area contributed by atoms with E-state index in [1.165, 1.54) is 0 Å². The van der Waals surface area contributed by atoms with Gasteiger partial charge in [0.25, 0.3) is 5.91 Å². The zero-order chi connectivity index (χ0) is 17.0. The molecule has 0 spiro atoms. The van der Waals surface area contributed by atoms with Crippen LogP contribution in [0.4, 0.5) is 0 Å². The highest BCUT2D eigenvalue weighted by Crippen LogP contribution is 2.29. The van der Waals surface area contributed by atoms with Crippen molar-refractivity contribution in [2.75, 3.05) is 40.0 Å². The summed E-state index contributed by atoms with van der Waals surface area (Å²) in [5, 5.41) is 5.99. The van der Waals surface area contributed by atoms with Gasteiger partial charge >= 0.3 is 0 Å². The number of halogens is 1. The summed E-state index contributed by atoms with van der Waals surface area (Å²) in [5.41, 5.74) is 2.04. The molecule has 6 heteroatoms. The van der Waals surface area contributed by atoms with Gasteiger partial charge in [-0.1, -0.05) is 48.5 Å². The predicted octanol–water partition coefficient (Wildman–Crippen LogP) is 2.51. The van der Waals surface area contributed by atoms with Crippen molar-refractivity contribution in [3.05, 3.63) is 54.6 Å². The van der Waals surface area contributed by atoms with Gasteiger partial charge in [-0.25, -0.2) is 0 Å². The lowest BCUT2D eigenvalue weighted by molar-refractivity contribution is -0.123. The van der Waals surface area contributed by atoms with E-state index in [2.05, 4.69) is 10.6 Å². The number of amides is 1. The highest BCUT2D eigenvalue weighted by Gasteiger charge is 2.07. The standard InChI is InChI=1S/C19H24N2O3.ClH/c1-23-14-13-20-11-12-21-19(22)15-24-18-10-6-5-9-17(18)16-7-3-2-4-8-16;/h2-10,20H,11-15H2,1H3,(H,21,22);1H. The molecule has 2 aromatic rings. The maximum absolute atomic E-state index is 11.9. The summed E-state index contributed by atoms with van der Waals surface area (Å²) in [6.45, 7) is 2.70. The summed E-state index contributed by atoms with van der Waals surface area (Å²) in [4.78, 5) is 11.9. The molecule has 25 heavy (non-hydrogen) atoms. The quantitative estimate of drug-likeness (QED) is 0.636. The van der Waals surface area contributed by atoms with Gasteiger partial charge in [0.1, 0.15) is 5.75 Å². The van der Waals surface area contributed by atoms with Crippen LogP contribution in [0, 0.1) is 0 Å². The topological polar surface area (TPSA) is 59.6 Å². The Hall–Kier alpha value is -2.08. The van der Waals surface area contributed by atoms with Crippen LogP contribution in [0.1, 0.15) is 0 Å². The van der Waals surface area contributed by atoms with E-state index >= 15 is 0 Å². The molecular formula is C19H25ClN2O3. The second-order valence-electron chi connectivity index (χ2n) is 5.24. The fraction of sp³-hybridized carbons (Fsp3) is 0.316. The first-order valence-electron chi connectivity index (χ1n) is 8.05. The molecule has 0 aliphatic carbocycles. The SMILES string of the molecule is COCCNCCNC(=O)COc1ccccc1-c1ccccc1.Cl. The van der Waals surface area contributed by atoms with Crippen molar-refractivity contribution in [2.45, 2.75) is 0 Å². The molecule has 0 fully saturated rings. The third kappa shape index (κ3) is 7.56. The molecule has 0 heterocycles. The van der Waals surface area contributed by atoms with Crippen molar-refractivity contribution in [1.82, 2.24) is 10.6 Å². The monoisotopic (exact) mass is 364 g/mol. The van der Waals surface area contributed by atoms with Crippen LogP contribution in [0.5, 0.6) is 5.75 Å². The normalized spacial score (nSPS) is 9.96. The fourth-order valence-electron chi connectivity index (χ4n) is 2.23. The lowest BCUT2D eigenvalue weighted by Crippen LogP contribution is -2.35. The second kappa shape index (κ2) is 12.3. The molecule has 0 bridgehead atoms. The molecular weight excluding hydrogens is 340 g/mol. The maximum Gasteiger partial charge on any atom is 0.257 e. The van der Waals surface area contributed by atoms with E-state index in [1.807, 2.05) is 54.6 Å². The average molecular weight is 365 g/mol. The van der Waals surface area contributed by atoms with Crippen LogP contribution in [0.3, 0.4) is 0 Å². The van der Waals surface area contributed by atoms with E-state index in [0.29, 0.717) is 25.4 Å². The third-order valence-corrected chi connectivity index (χ3v) is 3.44. The van der Waals surface area contributed by atoms with E-state index in [0.717, 1.165) is 17.7 Å². The van der Waals surface area contributed by atoms with Crippen LogP contribution in [-0.2, 0) is 9.53 Å². The number of carbonyl (C=O) groups excluding carboxylic acids is 1. The number of benzene rings is 2. The number of para-hydroxylation sites is 1. The number of methoxy groups -OCH3 is 1. The van der Waals surface area contributed by atoms with Gasteiger partial charge in [0.15, 0.2) is 6.61 Å². The van der Waals surface area contributed by atoms with Crippen molar-refractivity contribution in [3.63, 3.8) is 0 Å². The second-order valence-corrected chi connectivity index (χ2v) is 5.24. The molecule has 1 amide bonds. The molecule has 5 nitrogen and oxygen atoms in total. The zero-order valence-corrected chi connectivity index (χ0v) is 15.2. The first-order chi connectivity index (χ1) is 11.8. The summed E-state index contributed by atoms with van der Waals surface area (Å²) in [5.74, 6) is 0.573. The van der Waals surface area contributed by atoms with Crippen LogP contribution in [0.15, 0.2) is 54.6 Å². The molecule has 0 unspecified atom stereocenters. The zero-order valence-electron chi connectivity index (χ0n) is 14.4. The molecule has 136 valence electrons. The summed E-state index contributed by atoms with van der Waals surface area (Å²) < 4.78 is 10.6. The number of nitrogens with one attached hydrogen (secondary N) is 2. The first-order valence-corrected chi connectivity index (χ1v) is 8.05. The lowest BCUT2D eigenvalue weighted by atomic mass is 10.1. The van der Waals surface area contributed by atoms with Crippen LogP contribution >= 0.6 is 12.4 Å². The van der Waals surface area contributed by atoms with Gasteiger partial charge < -0.3 is 20.1 Å². The van der Waals surface area contributed by atoms with Gasteiger partial charge in [0.05, 0.1) is 6.61 Å². The highest BCUT2D eigenvalue weighted by molar-refractivity contribution is 5.85. The van der Waals surface area contributed by atoms with Crippen molar-refractivity contribution < 1.29 is 14.3 Å². The van der Waals surface area contributed by atoms with E-state index in [-0.39, 0.29) is 24.9 Å². The van der Waals surface area contributed by atoms with Crippen molar-refractivity contribution in [2.24, 2.45) is 0 Å². The first kappa shape index (κ1) is 21.0. The van der Waals surface area contributed by atoms with E-state index in [4.69, 9.17) is 9.47 Å². The van der Waals surface area contributed by atoms with Gasteiger partial charge in [-0.3, -0.25) is 4.79 Å². The summed E-state index contributed by atoms with van der Waals surface area (Å²) in [6.07, 6.45) is 0. The van der Waals surface area contributed by atoms with Gasteiger partial charge in [-0.2, -0.15) is 0 Å². The largest absolute Gasteiger partial charge is 0.483 e. The van der Waals surface area contributed by atoms with Crippen molar-refractivity contribution in [1.29, 1.82) is 0 Å². The van der Waals surface area contributed by atoms with Crippen molar-refractivity contribution >= 4 is 18.3 Å². The minimum absolute atomic E-state index is 0. The van der Waals surface area contributed by atoms with E-state index in [9.17, 15) is 4.79 Å². The Balaban J connectivity index is 0.00000312. The highest BCUT2D eigenvalue weighted by atomic mass is 35.5. The molecule has 0 saturated heterocycles. The van der Waals surface area contributed by atoms with Gasteiger partial charge in [0, 0.05) is 32.3 Å². The lowest BCUT2D eigenvalue weighted by Gasteiger charge is -2.12. The Bertz CT molecular complexity index is 623. The average Bonchev–Trinajstić information content (AvgIpc) is 2.64. The Labute approximate surface area is 155 Å². The minimum Gasteiger partial charge on any atom is -0.483 e. The van der Waals surface area contributed by atoms with Gasteiger partial charge in [-0.05, 0) is 11.6 Å². The predicted molar refractivity (Wildman–Crippen MR) is 102 cm³/mol. The summed E-state index contributed by atoms with van der Waals surface area (Å²) >= 11 is 0. The minimum atomic E-state index is -0.133. The smallest absolute Gasteiger partial charge is 0.257 e. The number of hydrogen-bond donors (Lipinski definition) is 2. The van der Waals surface area contributed by atoms with E-state index in [1.54, 1.807) is 7.11 Å². The maximum atomic E-state index is 11.9. The van der Waals surface area contributed by atoms with Crippen LogP contribution in [0.25, 0.3) is 11.1 Å². The molecule has 2 N–H and O–H groups in total. The number of carbonyl (C=O) groups is 1. The number of rotatable bonds is 10. The molecule has 2 rings (SSSR count). The fourth-order valence-corrected chi connectivity index (χ4v) is 2.23. The van der Waals surface area contributed by atoms with Gasteiger partial charge in [0.2, 0.25) is 0 Å². The number of hydrogen-bond acceptors (Lipinski definition) is 4. The molecule has 0 saturated carbocycles. The van der Waals surface area contributed by atoms with Gasteiger partial charge in [-0.15, -0.1) is 12.4 Å². The Morgan fingerprint density at radius 1 is 0.960 bits per heavy atom. The van der Waals surface area contributed by atoms with Crippen LogP contribution in [-0.4, -0.2) is 45.9 Å².